The summed E-state index contributed by atoms with van der Waals surface area (Å²) in [6, 6.07) is 0.259. The fraction of sp³-hybridized carbons (Fsp3) is 0.867. The second-order valence-electron chi connectivity index (χ2n) is 6.32. The van der Waals surface area contributed by atoms with Crippen LogP contribution in [0.15, 0.2) is 0 Å². The predicted octanol–water partition coefficient (Wildman–Crippen LogP) is 2.36. The summed E-state index contributed by atoms with van der Waals surface area (Å²) in [4.78, 5) is 3.17. The maximum atomic E-state index is 12.4. The first kappa shape index (κ1) is 18.2. The van der Waals surface area contributed by atoms with Gasteiger partial charge in [-0.15, -0.1) is 0 Å². The lowest BCUT2D eigenvalue weighted by Crippen LogP contribution is -2.44. The van der Waals surface area contributed by atoms with Crippen LogP contribution in [0.3, 0.4) is 0 Å². The van der Waals surface area contributed by atoms with Crippen LogP contribution < -0.4 is 5.32 Å². The Hall–Kier alpha value is -1.15. The van der Waals surface area contributed by atoms with Crippen LogP contribution in [0.2, 0.25) is 0 Å². The van der Waals surface area contributed by atoms with Gasteiger partial charge in [0.2, 0.25) is 0 Å². The van der Waals surface area contributed by atoms with Gasteiger partial charge in [0, 0.05) is 12.6 Å². The minimum absolute atomic E-state index is 0.259. The van der Waals surface area contributed by atoms with Crippen LogP contribution in [-0.2, 0) is 13.1 Å². The maximum absolute atomic E-state index is 12.4. The van der Waals surface area contributed by atoms with E-state index in [9.17, 15) is 13.2 Å². The molecule has 1 aliphatic heterocycles. The van der Waals surface area contributed by atoms with Gasteiger partial charge in [0.1, 0.15) is 0 Å². The summed E-state index contributed by atoms with van der Waals surface area (Å²) in [6.45, 7) is 7.67. The van der Waals surface area contributed by atoms with Crippen LogP contribution >= 0.6 is 0 Å². The highest BCUT2D eigenvalue weighted by molar-refractivity contribution is 5.06. The monoisotopic (exact) mass is 333 g/mol. The Bertz CT molecular complexity index is 492. The summed E-state index contributed by atoms with van der Waals surface area (Å²) in [5.74, 6) is 0.404. The summed E-state index contributed by atoms with van der Waals surface area (Å²) in [7, 11) is 0. The van der Waals surface area contributed by atoms with E-state index in [-0.39, 0.29) is 6.04 Å². The summed E-state index contributed by atoms with van der Waals surface area (Å²) in [5.41, 5.74) is 1.86. The molecule has 1 N–H and O–H groups in total. The van der Waals surface area contributed by atoms with Crippen molar-refractivity contribution < 1.29 is 13.2 Å². The fourth-order valence-corrected chi connectivity index (χ4v) is 3.06. The quantitative estimate of drug-likeness (QED) is 0.868. The molecule has 132 valence electrons. The van der Waals surface area contributed by atoms with Crippen molar-refractivity contribution in [3.63, 3.8) is 0 Å². The van der Waals surface area contributed by atoms with E-state index in [1.165, 1.54) is 4.90 Å². The molecule has 8 heteroatoms. The van der Waals surface area contributed by atoms with Gasteiger partial charge in [-0.05, 0) is 52.6 Å². The van der Waals surface area contributed by atoms with Crippen molar-refractivity contribution in [1.29, 1.82) is 0 Å². The van der Waals surface area contributed by atoms with E-state index in [1.54, 1.807) is 4.80 Å². The average Bonchev–Trinajstić information content (AvgIpc) is 2.84. The second kappa shape index (κ2) is 7.61. The highest BCUT2D eigenvalue weighted by Crippen LogP contribution is 2.24. The summed E-state index contributed by atoms with van der Waals surface area (Å²) in [6.07, 6.45) is -2.50. The molecule has 1 atom stereocenters. The number of likely N-dealkylation sites (tertiary alicyclic amines) is 1. The van der Waals surface area contributed by atoms with Crippen LogP contribution in [0, 0.1) is 12.8 Å². The molecule has 2 heterocycles. The molecule has 1 saturated heterocycles. The topological polar surface area (TPSA) is 46.0 Å². The Morgan fingerprint density at radius 1 is 1.26 bits per heavy atom. The lowest BCUT2D eigenvalue weighted by atomic mass is 9.90. The van der Waals surface area contributed by atoms with Gasteiger partial charge in [-0.3, -0.25) is 4.90 Å². The van der Waals surface area contributed by atoms with Gasteiger partial charge in [0.25, 0.3) is 0 Å². The van der Waals surface area contributed by atoms with E-state index in [4.69, 9.17) is 0 Å². The molecule has 23 heavy (non-hydrogen) atoms. The first-order valence-electron chi connectivity index (χ1n) is 8.21. The highest BCUT2D eigenvalue weighted by Gasteiger charge is 2.33. The number of nitrogens with one attached hydrogen (secondary N) is 1. The van der Waals surface area contributed by atoms with Crippen molar-refractivity contribution >= 4 is 0 Å². The molecule has 0 radical (unpaired) electrons. The highest BCUT2D eigenvalue weighted by atomic mass is 19.4. The number of piperidine rings is 1. The number of alkyl halides is 3. The fourth-order valence-electron chi connectivity index (χ4n) is 3.06. The third-order valence-corrected chi connectivity index (χ3v) is 4.54. The van der Waals surface area contributed by atoms with Crippen molar-refractivity contribution in [2.45, 2.75) is 58.9 Å². The van der Waals surface area contributed by atoms with Crippen LogP contribution in [0.5, 0.6) is 0 Å². The van der Waals surface area contributed by atoms with Crippen molar-refractivity contribution in [2.24, 2.45) is 5.92 Å². The van der Waals surface area contributed by atoms with Crippen LogP contribution in [0.1, 0.15) is 38.1 Å². The largest absolute Gasteiger partial charge is 0.401 e. The Kier molecular flexibility index (Phi) is 6.02. The molecule has 0 amide bonds. The van der Waals surface area contributed by atoms with Crippen LogP contribution in [0.4, 0.5) is 13.2 Å². The molecule has 1 unspecified atom stereocenters. The number of rotatable bonds is 6. The molecule has 1 aliphatic rings. The minimum Gasteiger partial charge on any atom is -0.308 e. The Morgan fingerprint density at radius 2 is 1.91 bits per heavy atom. The van der Waals surface area contributed by atoms with E-state index in [2.05, 4.69) is 22.4 Å². The molecule has 1 aromatic heterocycles. The molecule has 2 rings (SSSR count). The number of halogens is 3. The average molecular weight is 333 g/mol. The third kappa shape index (κ3) is 5.46. The second-order valence-corrected chi connectivity index (χ2v) is 6.32. The SMILES string of the molecule is CCn1nc(C)c(CNC(C)C2CCN(CC(F)(F)F)CC2)n1. The van der Waals surface area contributed by atoms with E-state index in [0.29, 0.717) is 25.6 Å². The van der Waals surface area contributed by atoms with Crippen LogP contribution in [-0.4, -0.2) is 51.7 Å². The standard InChI is InChI=1S/C15H26F3N5/c1-4-23-20-12(3)14(21-23)9-19-11(2)13-5-7-22(8-6-13)10-15(16,17)18/h11,13,19H,4-10H2,1-3H3. The normalized spacial score (nSPS) is 19.2. The van der Waals surface area contributed by atoms with Crippen LogP contribution in [0.25, 0.3) is 0 Å². The molecule has 0 bridgehead atoms. The molecule has 1 aromatic rings. The number of hydrogen-bond acceptors (Lipinski definition) is 4. The molecular formula is C15H26F3N5. The summed E-state index contributed by atoms with van der Waals surface area (Å²) >= 11 is 0. The minimum atomic E-state index is -4.10. The van der Waals surface area contributed by atoms with Crippen molar-refractivity contribution in [2.75, 3.05) is 19.6 Å². The molecule has 0 aliphatic carbocycles. The summed E-state index contributed by atoms with van der Waals surface area (Å²) in [5, 5.41) is 12.2. The molecule has 0 aromatic carbocycles. The summed E-state index contributed by atoms with van der Waals surface area (Å²) < 4.78 is 37.2. The lowest BCUT2D eigenvalue weighted by molar-refractivity contribution is -0.148. The Morgan fingerprint density at radius 3 is 2.43 bits per heavy atom. The maximum Gasteiger partial charge on any atom is 0.401 e. The first-order valence-corrected chi connectivity index (χ1v) is 8.21. The zero-order valence-corrected chi connectivity index (χ0v) is 14.0. The number of aromatic nitrogens is 3. The lowest BCUT2D eigenvalue weighted by Gasteiger charge is -2.35. The van der Waals surface area contributed by atoms with E-state index >= 15 is 0 Å². The van der Waals surface area contributed by atoms with Gasteiger partial charge < -0.3 is 5.32 Å². The van der Waals surface area contributed by atoms with E-state index in [0.717, 1.165) is 30.8 Å². The molecular weight excluding hydrogens is 307 g/mol. The van der Waals surface area contributed by atoms with Crippen molar-refractivity contribution in [3.05, 3.63) is 11.4 Å². The number of aryl methyl sites for hydroxylation is 2. The molecule has 5 nitrogen and oxygen atoms in total. The Balaban J connectivity index is 1.76. The zero-order chi connectivity index (χ0) is 17.0. The third-order valence-electron chi connectivity index (χ3n) is 4.54. The number of hydrogen-bond donors (Lipinski definition) is 1. The van der Waals surface area contributed by atoms with E-state index < -0.39 is 12.7 Å². The van der Waals surface area contributed by atoms with Crippen molar-refractivity contribution in [1.82, 2.24) is 25.2 Å². The molecule has 0 saturated carbocycles. The smallest absolute Gasteiger partial charge is 0.308 e. The Labute approximate surface area is 135 Å². The first-order chi connectivity index (χ1) is 10.8. The zero-order valence-electron chi connectivity index (χ0n) is 14.0. The van der Waals surface area contributed by atoms with Gasteiger partial charge in [0.05, 0.1) is 24.5 Å². The molecule has 0 spiro atoms. The van der Waals surface area contributed by atoms with Gasteiger partial charge in [-0.25, -0.2) is 0 Å². The molecule has 1 fully saturated rings. The van der Waals surface area contributed by atoms with Gasteiger partial charge in [0.15, 0.2) is 0 Å². The van der Waals surface area contributed by atoms with E-state index in [1.807, 2.05) is 13.8 Å². The predicted molar refractivity (Wildman–Crippen MR) is 82.0 cm³/mol. The van der Waals surface area contributed by atoms with Gasteiger partial charge in [-0.2, -0.15) is 28.2 Å². The van der Waals surface area contributed by atoms with Gasteiger partial charge in [-0.1, -0.05) is 0 Å². The van der Waals surface area contributed by atoms with Gasteiger partial charge >= 0.3 is 6.18 Å². The number of nitrogens with zero attached hydrogens (tertiary/aromatic N) is 4. The van der Waals surface area contributed by atoms with Crippen molar-refractivity contribution in [3.8, 4) is 0 Å².